The van der Waals surface area contributed by atoms with Gasteiger partial charge in [-0.15, -0.1) is 11.3 Å². The molecule has 0 fully saturated rings. The van der Waals surface area contributed by atoms with Gasteiger partial charge in [-0.05, 0) is 23.6 Å². The van der Waals surface area contributed by atoms with E-state index in [1.807, 2.05) is 0 Å². The second kappa shape index (κ2) is 6.87. The lowest BCUT2D eigenvalue weighted by molar-refractivity contribution is -0.290. The van der Waals surface area contributed by atoms with Crippen molar-refractivity contribution in [1.29, 1.82) is 0 Å². The van der Waals surface area contributed by atoms with Gasteiger partial charge >= 0.3 is 12.1 Å². The summed E-state index contributed by atoms with van der Waals surface area (Å²) in [6, 6.07) is 3.87. The molecule has 0 aliphatic rings. The van der Waals surface area contributed by atoms with Crippen molar-refractivity contribution in [3.63, 3.8) is 0 Å². The molecule has 0 amide bonds. The monoisotopic (exact) mass is 401 g/mol. The zero-order chi connectivity index (χ0) is 18.9. The summed E-state index contributed by atoms with van der Waals surface area (Å²) >= 11 is 1.12. The molecule has 25 heavy (non-hydrogen) atoms. The zero-order valence-corrected chi connectivity index (χ0v) is 14.3. The van der Waals surface area contributed by atoms with Crippen molar-refractivity contribution >= 4 is 21.2 Å². The van der Waals surface area contributed by atoms with E-state index in [0.717, 1.165) is 23.6 Å². The fourth-order valence-corrected chi connectivity index (χ4v) is 4.09. The molecule has 0 radical (unpaired) electrons. The van der Waals surface area contributed by atoms with Crippen molar-refractivity contribution in [1.82, 2.24) is 4.98 Å². The number of aromatic nitrogens is 1. The summed E-state index contributed by atoms with van der Waals surface area (Å²) < 4.78 is 90.3. The molecule has 2 heterocycles. The summed E-state index contributed by atoms with van der Waals surface area (Å²) in [6.45, 7) is -0.381. The van der Waals surface area contributed by atoms with Gasteiger partial charge in [-0.1, -0.05) is 6.92 Å². The lowest BCUT2D eigenvalue weighted by atomic mass is 10.3. The quantitative estimate of drug-likeness (QED) is 0.682. The van der Waals surface area contributed by atoms with Crippen molar-refractivity contribution in [2.24, 2.45) is 0 Å². The molecule has 0 saturated heterocycles. The molecule has 0 saturated carbocycles. The van der Waals surface area contributed by atoms with E-state index >= 15 is 0 Å². The lowest BCUT2D eigenvalue weighted by Gasteiger charge is -2.19. The largest absolute Gasteiger partial charge is 0.485 e. The number of nitrogens with zero attached hydrogens (tertiary/aromatic N) is 1. The second-order valence-corrected chi connectivity index (χ2v) is 8.05. The molecule has 0 aromatic carbocycles. The van der Waals surface area contributed by atoms with E-state index in [-0.39, 0.29) is 22.1 Å². The van der Waals surface area contributed by atoms with Crippen LogP contribution in [0.3, 0.4) is 0 Å². The number of sulfone groups is 1. The summed E-state index contributed by atoms with van der Waals surface area (Å²) in [5.74, 6) is -5.38. The van der Waals surface area contributed by atoms with E-state index in [1.165, 1.54) is 19.1 Å². The highest BCUT2D eigenvalue weighted by Crippen LogP contribution is 2.36. The Morgan fingerprint density at radius 3 is 2.36 bits per heavy atom. The Balaban J connectivity index is 2.18. The smallest absolute Gasteiger partial charge is 0.456 e. The third-order valence-corrected chi connectivity index (χ3v) is 5.98. The fraction of sp³-hybridized carbons (Fsp3) is 0.357. The summed E-state index contributed by atoms with van der Waals surface area (Å²) in [7, 11) is -3.47. The summed E-state index contributed by atoms with van der Waals surface area (Å²) in [5.41, 5.74) is 0.247. The highest BCUT2D eigenvalue weighted by atomic mass is 32.2. The third-order valence-electron chi connectivity index (χ3n) is 3.15. The van der Waals surface area contributed by atoms with E-state index in [0.29, 0.717) is 4.88 Å². The zero-order valence-electron chi connectivity index (χ0n) is 12.7. The van der Waals surface area contributed by atoms with Crippen LogP contribution in [0.15, 0.2) is 34.7 Å². The molecule has 0 unspecified atom stereocenters. The molecule has 138 valence electrons. The Hall–Kier alpha value is -1.75. The molecular formula is C14H12F5NO3S2. The molecule has 0 aliphatic heterocycles. The SMILES string of the molecule is CCS(=O)(=O)c1ccsc1-c1ccc(OCC(F)(F)C(F)(F)F)cn1. The van der Waals surface area contributed by atoms with Gasteiger partial charge in [-0.25, -0.2) is 8.42 Å². The summed E-state index contributed by atoms with van der Waals surface area (Å²) in [5, 5.41) is 1.56. The number of alkyl halides is 5. The van der Waals surface area contributed by atoms with Crippen LogP contribution in [0.2, 0.25) is 0 Å². The Labute approximate surface area is 144 Å². The molecule has 0 aliphatic carbocycles. The predicted molar refractivity (Wildman–Crippen MR) is 81.8 cm³/mol. The number of pyridine rings is 1. The van der Waals surface area contributed by atoms with Crippen LogP contribution >= 0.6 is 11.3 Å². The normalized spacial score (nSPS) is 13.0. The average molecular weight is 401 g/mol. The molecule has 0 N–H and O–H groups in total. The van der Waals surface area contributed by atoms with Crippen LogP contribution in [-0.4, -0.2) is 37.9 Å². The number of rotatable bonds is 6. The van der Waals surface area contributed by atoms with E-state index < -0.39 is 28.5 Å². The maximum atomic E-state index is 12.8. The molecule has 2 aromatic rings. The molecule has 0 atom stereocenters. The van der Waals surface area contributed by atoms with Gasteiger partial charge in [0.2, 0.25) is 0 Å². The maximum Gasteiger partial charge on any atom is 0.456 e. The highest BCUT2D eigenvalue weighted by Gasteiger charge is 2.58. The number of ether oxygens (including phenoxy) is 1. The van der Waals surface area contributed by atoms with Crippen molar-refractivity contribution in [3.8, 4) is 16.3 Å². The second-order valence-electron chi connectivity index (χ2n) is 4.89. The van der Waals surface area contributed by atoms with Gasteiger partial charge in [-0.2, -0.15) is 22.0 Å². The standard InChI is InChI=1S/C14H12F5NO3S2/c1-2-25(21,22)11-5-6-24-12(11)10-4-3-9(7-20-10)23-8-13(15,16)14(17,18)19/h3-7H,2,8H2,1H3. The van der Waals surface area contributed by atoms with Crippen LogP contribution in [-0.2, 0) is 9.84 Å². The number of thiophene rings is 1. The maximum absolute atomic E-state index is 12.8. The molecule has 0 spiro atoms. The molecule has 11 heteroatoms. The fourth-order valence-electron chi connectivity index (χ4n) is 1.74. The summed E-state index contributed by atoms with van der Waals surface area (Å²) in [4.78, 5) is 4.33. The van der Waals surface area contributed by atoms with Crippen LogP contribution in [0, 0.1) is 0 Å². The Bertz CT molecular complexity index is 829. The molecular weight excluding hydrogens is 389 g/mol. The van der Waals surface area contributed by atoms with Crippen LogP contribution in [0.5, 0.6) is 5.75 Å². The number of hydrogen-bond donors (Lipinski definition) is 0. The number of halogens is 5. The van der Waals surface area contributed by atoms with E-state index in [4.69, 9.17) is 0 Å². The molecule has 2 aromatic heterocycles. The first kappa shape index (κ1) is 19.6. The van der Waals surface area contributed by atoms with Gasteiger partial charge in [-0.3, -0.25) is 4.98 Å². The first-order valence-corrected chi connectivity index (χ1v) is 9.35. The third kappa shape index (κ3) is 4.27. The predicted octanol–water partition coefficient (Wildman–Crippen LogP) is 4.18. The van der Waals surface area contributed by atoms with Gasteiger partial charge in [0.15, 0.2) is 16.4 Å². The van der Waals surface area contributed by atoms with Gasteiger partial charge in [0.05, 0.1) is 27.4 Å². The van der Waals surface area contributed by atoms with Crippen LogP contribution < -0.4 is 4.74 Å². The van der Waals surface area contributed by atoms with Crippen molar-refractivity contribution < 1.29 is 35.1 Å². The Morgan fingerprint density at radius 1 is 1.16 bits per heavy atom. The van der Waals surface area contributed by atoms with Crippen LogP contribution in [0.4, 0.5) is 22.0 Å². The van der Waals surface area contributed by atoms with E-state index in [9.17, 15) is 30.4 Å². The Morgan fingerprint density at radius 2 is 1.84 bits per heavy atom. The molecule has 2 rings (SSSR count). The van der Waals surface area contributed by atoms with E-state index in [1.54, 1.807) is 5.38 Å². The Kier molecular flexibility index (Phi) is 5.38. The van der Waals surface area contributed by atoms with Crippen LogP contribution in [0.25, 0.3) is 10.6 Å². The average Bonchev–Trinajstić information content (AvgIpc) is 3.03. The number of hydrogen-bond acceptors (Lipinski definition) is 5. The minimum Gasteiger partial charge on any atom is -0.485 e. The van der Waals surface area contributed by atoms with Gasteiger partial charge in [0.25, 0.3) is 0 Å². The molecule has 0 bridgehead atoms. The first-order valence-electron chi connectivity index (χ1n) is 6.82. The lowest BCUT2D eigenvalue weighted by Crippen LogP contribution is -2.41. The van der Waals surface area contributed by atoms with Crippen LogP contribution in [0.1, 0.15) is 6.92 Å². The van der Waals surface area contributed by atoms with Crippen molar-refractivity contribution in [2.45, 2.75) is 23.9 Å². The van der Waals surface area contributed by atoms with Gasteiger partial charge in [0.1, 0.15) is 5.75 Å². The van der Waals surface area contributed by atoms with E-state index in [2.05, 4.69) is 9.72 Å². The van der Waals surface area contributed by atoms with Gasteiger partial charge in [0, 0.05) is 0 Å². The van der Waals surface area contributed by atoms with Crippen molar-refractivity contribution in [2.75, 3.05) is 12.4 Å². The highest BCUT2D eigenvalue weighted by molar-refractivity contribution is 7.91. The van der Waals surface area contributed by atoms with Crippen molar-refractivity contribution in [3.05, 3.63) is 29.8 Å². The van der Waals surface area contributed by atoms with Gasteiger partial charge < -0.3 is 4.74 Å². The minimum absolute atomic E-state index is 0.0878. The topological polar surface area (TPSA) is 56.3 Å². The first-order chi connectivity index (χ1) is 11.5. The molecule has 4 nitrogen and oxygen atoms in total. The minimum atomic E-state index is -5.71. The summed E-state index contributed by atoms with van der Waals surface area (Å²) in [6.07, 6.45) is -4.75.